The first-order valence-corrected chi connectivity index (χ1v) is 10.9. The van der Waals surface area contributed by atoms with Gasteiger partial charge in [-0.2, -0.15) is 5.26 Å². The molecule has 0 radical (unpaired) electrons. The standard InChI is InChI=1S/C25H18Cl2N4O3/c1-15-23(25(33)31(30(15)2)18-6-4-3-5-7-18)29-24(32)16(14-28)12-19-9-11-22(34-19)20-13-17(26)8-10-21(20)27/h3-13H,1-2H3,(H,29,32)/b16-12+. The first-order chi connectivity index (χ1) is 16.3. The number of rotatable bonds is 5. The zero-order valence-electron chi connectivity index (χ0n) is 18.2. The summed E-state index contributed by atoms with van der Waals surface area (Å²) in [5, 5.41) is 13.1. The number of para-hydroxylation sites is 1. The minimum atomic E-state index is -0.729. The summed E-state index contributed by atoms with van der Waals surface area (Å²) >= 11 is 12.3. The Balaban J connectivity index is 1.63. The monoisotopic (exact) mass is 492 g/mol. The van der Waals surface area contributed by atoms with Crippen molar-refractivity contribution in [3.05, 3.63) is 98.1 Å². The molecule has 0 atom stereocenters. The maximum Gasteiger partial charge on any atom is 0.295 e. The summed E-state index contributed by atoms with van der Waals surface area (Å²) in [5.41, 5.74) is 1.22. The lowest BCUT2D eigenvalue weighted by atomic mass is 10.2. The molecular formula is C25H18Cl2N4O3. The fourth-order valence-corrected chi connectivity index (χ4v) is 3.83. The third-order valence-corrected chi connectivity index (χ3v) is 5.83. The first kappa shape index (κ1) is 23.2. The predicted octanol–water partition coefficient (Wildman–Crippen LogP) is 5.60. The van der Waals surface area contributed by atoms with Crippen LogP contribution in [-0.4, -0.2) is 15.3 Å². The number of amides is 1. The maximum atomic E-state index is 13.0. The number of hydrogen-bond donors (Lipinski definition) is 1. The van der Waals surface area contributed by atoms with E-state index in [-0.39, 0.29) is 17.0 Å². The molecule has 2 aromatic carbocycles. The highest BCUT2D eigenvalue weighted by molar-refractivity contribution is 6.35. The number of nitrogens with zero attached hydrogens (tertiary/aromatic N) is 3. The van der Waals surface area contributed by atoms with Crippen LogP contribution in [0.25, 0.3) is 23.1 Å². The van der Waals surface area contributed by atoms with Gasteiger partial charge in [-0.1, -0.05) is 41.4 Å². The van der Waals surface area contributed by atoms with E-state index < -0.39 is 11.5 Å². The van der Waals surface area contributed by atoms with Crippen molar-refractivity contribution < 1.29 is 9.21 Å². The van der Waals surface area contributed by atoms with E-state index in [1.807, 2.05) is 24.3 Å². The Kier molecular flexibility index (Phi) is 6.46. The molecule has 0 unspecified atom stereocenters. The number of carbonyl (C=O) groups excluding carboxylic acids is 1. The van der Waals surface area contributed by atoms with Gasteiger partial charge in [-0.25, -0.2) is 4.68 Å². The van der Waals surface area contributed by atoms with Gasteiger partial charge in [-0.15, -0.1) is 0 Å². The van der Waals surface area contributed by atoms with Gasteiger partial charge >= 0.3 is 0 Å². The quantitative estimate of drug-likeness (QED) is 0.290. The number of nitriles is 1. The fraction of sp³-hybridized carbons (Fsp3) is 0.0800. The Bertz CT molecular complexity index is 1520. The lowest BCUT2D eigenvalue weighted by Gasteiger charge is -2.07. The van der Waals surface area contributed by atoms with E-state index in [2.05, 4.69) is 5.32 Å². The molecule has 0 aliphatic carbocycles. The highest BCUT2D eigenvalue weighted by atomic mass is 35.5. The summed E-state index contributed by atoms with van der Waals surface area (Å²) in [6.07, 6.45) is 1.30. The molecule has 9 heteroatoms. The van der Waals surface area contributed by atoms with Gasteiger partial charge in [0.05, 0.1) is 16.4 Å². The molecule has 34 heavy (non-hydrogen) atoms. The van der Waals surface area contributed by atoms with E-state index in [9.17, 15) is 14.9 Å². The second-order valence-electron chi connectivity index (χ2n) is 7.39. The van der Waals surface area contributed by atoms with E-state index in [0.29, 0.717) is 32.8 Å². The van der Waals surface area contributed by atoms with Crippen molar-refractivity contribution in [1.29, 1.82) is 5.26 Å². The zero-order chi connectivity index (χ0) is 24.4. The normalized spacial score (nSPS) is 11.3. The van der Waals surface area contributed by atoms with Gasteiger partial charge in [0, 0.05) is 23.7 Å². The van der Waals surface area contributed by atoms with Crippen LogP contribution in [0.1, 0.15) is 11.5 Å². The van der Waals surface area contributed by atoms with E-state index in [4.69, 9.17) is 27.6 Å². The highest BCUT2D eigenvalue weighted by Crippen LogP contribution is 2.32. The number of carbonyl (C=O) groups is 1. The molecule has 1 N–H and O–H groups in total. The third kappa shape index (κ3) is 4.42. The van der Waals surface area contributed by atoms with E-state index in [1.165, 1.54) is 10.8 Å². The average Bonchev–Trinajstić information content (AvgIpc) is 3.38. The highest BCUT2D eigenvalue weighted by Gasteiger charge is 2.20. The van der Waals surface area contributed by atoms with Crippen molar-refractivity contribution in [1.82, 2.24) is 9.36 Å². The van der Waals surface area contributed by atoms with Crippen LogP contribution in [0.2, 0.25) is 10.0 Å². The number of anilines is 1. The molecule has 0 aliphatic rings. The summed E-state index contributed by atoms with van der Waals surface area (Å²) in [4.78, 5) is 25.9. The molecule has 0 spiro atoms. The SMILES string of the molecule is Cc1c(NC(=O)/C(C#N)=C/c2ccc(-c3cc(Cl)ccc3Cl)o2)c(=O)n(-c2ccccc2)n1C. The Morgan fingerprint density at radius 3 is 2.56 bits per heavy atom. The van der Waals surface area contributed by atoms with E-state index in [1.54, 1.807) is 61.1 Å². The van der Waals surface area contributed by atoms with E-state index in [0.717, 1.165) is 0 Å². The van der Waals surface area contributed by atoms with Crippen molar-refractivity contribution >= 4 is 40.9 Å². The molecule has 2 heterocycles. The summed E-state index contributed by atoms with van der Waals surface area (Å²) in [6, 6.07) is 19.1. The number of halogens is 2. The second-order valence-corrected chi connectivity index (χ2v) is 8.23. The maximum absolute atomic E-state index is 13.0. The minimum absolute atomic E-state index is 0.0864. The van der Waals surface area contributed by atoms with Gasteiger partial charge in [0.1, 0.15) is 28.9 Å². The Labute approximate surface area is 205 Å². The van der Waals surface area contributed by atoms with Crippen LogP contribution in [0.4, 0.5) is 5.69 Å². The lowest BCUT2D eigenvalue weighted by molar-refractivity contribution is -0.112. The number of benzene rings is 2. The summed E-state index contributed by atoms with van der Waals surface area (Å²) in [7, 11) is 1.71. The summed E-state index contributed by atoms with van der Waals surface area (Å²) in [6.45, 7) is 1.71. The average molecular weight is 493 g/mol. The molecule has 0 aliphatic heterocycles. The van der Waals surface area contributed by atoms with E-state index >= 15 is 0 Å². The van der Waals surface area contributed by atoms with Gasteiger partial charge in [-0.05, 0) is 49.4 Å². The third-order valence-electron chi connectivity index (χ3n) is 5.27. The minimum Gasteiger partial charge on any atom is -0.457 e. The van der Waals surface area contributed by atoms with Crippen LogP contribution in [-0.2, 0) is 11.8 Å². The molecule has 0 saturated heterocycles. The van der Waals surface area contributed by atoms with Gasteiger partial charge in [0.25, 0.3) is 11.5 Å². The van der Waals surface area contributed by atoms with Gasteiger partial charge in [0.15, 0.2) is 0 Å². The van der Waals surface area contributed by atoms with Crippen LogP contribution in [0.5, 0.6) is 0 Å². The van der Waals surface area contributed by atoms with Gasteiger partial charge in [0.2, 0.25) is 0 Å². The second kappa shape index (κ2) is 9.48. The van der Waals surface area contributed by atoms with Crippen LogP contribution in [0.15, 0.2) is 75.4 Å². The Morgan fingerprint density at radius 2 is 1.85 bits per heavy atom. The van der Waals surface area contributed by atoms with Crippen LogP contribution >= 0.6 is 23.2 Å². The summed E-state index contributed by atoms with van der Waals surface area (Å²) in [5.74, 6) is -0.0300. The van der Waals surface area contributed by atoms with Crippen molar-refractivity contribution in [3.63, 3.8) is 0 Å². The Hall–Kier alpha value is -3.99. The molecule has 170 valence electrons. The van der Waals surface area contributed by atoms with Crippen LogP contribution in [0, 0.1) is 18.3 Å². The first-order valence-electron chi connectivity index (χ1n) is 10.1. The number of hydrogen-bond acceptors (Lipinski definition) is 4. The van der Waals surface area contributed by atoms with Crippen LogP contribution in [0.3, 0.4) is 0 Å². The lowest BCUT2D eigenvalue weighted by Crippen LogP contribution is -2.23. The molecule has 0 fully saturated rings. The molecule has 0 saturated carbocycles. The van der Waals surface area contributed by atoms with Gasteiger partial charge in [-0.3, -0.25) is 14.3 Å². The zero-order valence-corrected chi connectivity index (χ0v) is 19.7. The predicted molar refractivity (Wildman–Crippen MR) is 132 cm³/mol. The molecule has 7 nitrogen and oxygen atoms in total. The number of nitrogens with one attached hydrogen (secondary N) is 1. The topological polar surface area (TPSA) is 93.0 Å². The fourth-order valence-electron chi connectivity index (χ4n) is 3.45. The molecule has 2 aromatic heterocycles. The van der Waals surface area contributed by atoms with Gasteiger partial charge < -0.3 is 9.73 Å². The molecular weight excluding hydrogens is 475 g/mol. The van der Waals surface area contributed by atoms with Crippen molar-refractivity contribution in [2.24, 2.45) is 7.05 Å². The van der Waals surface area contributed by atoms with Crippen LogP contribution < -0.4 is 10.9 Å². The smallest absolute Gasteiger partial charge is 0.295 e. The number of furan rings is 1. The van der Waals surface area contributed by atoms with Crippen molar-refractivity contribution in [2.75, 3.05) is 5.32 Å². The molecule has 0 bridgehead atoms. The van der Waals surface area contributed by atoms with Crippen molar-refractivity contribution in [3.8, 4) is 23.1 Å². The summed E-state index contributed by atoms with van der Waals surface area (Å²) < 4.78 is 8.82. The number of aromatic nitrogens is 2. The largest absolute Gasteiger partial charge is 0.457 e. The molecule has 1 amide bonds. The molecule has 4 aromatic rings. The molecule has 4 rings (SSSR count). The Morgan fingerprint density at radius 1 is 1.12 bits per heavy atom. The van der Waals surface area contributed by atoms with Crippen molar-refractivity contribution in [2.45, 2.75) is 6.92 Å².